The van der Waals surface area contributed by atoms with E-state index >= 15 is 0 Å². The van der Waals surface area contributed by atoms with Crippen LogP contribution in [0.25, 0.3) is 0 Å². The fraction of sp³-hybridized carbons (Fsp3) is 0.333. The first kappa shape index (κ1) is 9.51. The van der Waals surface area contributed by atoms with Crippen molar-refractivity contribution in [2.45, 2.75) is 24.8 Å². The highest BCUT2D eigenvalue weighted by atomic mass is 19.1. The highest BCUT2D eigenvalue weighted by Gasteiger charge is 2.44. The lowest BCUT2D eigenvalue weighted by molar-refractivity contribution is 0.500. The van der Waals surface area contributed by atoms with Gasteiger partial charge >= 0.3 is 0 Å². The molecule has 1 aliphatic carbocycles. The molecule has 0 radical (unpaired) electrons. The zero-order valence-electron chi connectivity index (χ0n) is 8.81. The van der Waals surface area contributed by atoms with Crippen molar-refractivity contribution in [1.29, 1.82) is 0 Å². The molecule has 0 N–H and O–H groups in total. The van der Waals surface area contributed by atoms with Crippen LogP contribution in [0.15, 0.2) is 36.9 Å². The van der Waals surface area contributed by atoms with Gasteiger partial charge in [-0.25, -0.2) is 9.37 Å². The van der Waals surface area contributed by atoms with E-state index in [0.717, 1.165) is 19.4 Å². The summed E-state index contributed by atoms with van der Waals surface area (Å²) in [7, 11) is 0. The lowest BCUT2D eigenvalue weighted by atomic mass is 9.96. The van der Waals surface area contributed by atoms with E-state index in [1.165, 1.54) is 17.7 Å². The molecule has 2 aromatic rings. The van der Waals surface area contributed by atoms with Crippen LogP contribution in [0.3, 0.4) is 0 Å². The van der Waals surface area contributed by atoms with Crippen molar-refractivity contribution < 1.29 is 4.39 Å². The molecule has 1 aromatic carbocycles. The first-order chi connectivity index (χ1) is 7.78. The third kappa shape index (κ3) is 1.60. The summed E-state index contributed by atoms with van der Waals surface area (Å²) in [6.07, 6.45) is 5.54. The predicted molar refractivity (Wildman–Crippen MR) is 57.3 cm³/mol. The molecule has 1 aliphatic rings. The van der Waals surface area contributed by atoms with Gasteiger partial charge in [0.25, 0.3) is 0 Å². The largest absolute Gasteiger partial charge is 0.252 e. The van der Waals surface area contributed by atoms with E-state index in [9.17, 15) is 4.39 Å². The van der Waals surface area contributed by atoms with Crippen LogP contribution >= 0.6 is 0 Å². The molecule has 1 saturated carbocycles. The Morgan fingerprint density at radius 3 is 2.56 bits per heavy atom. The molecule has 16 heavy (non-hydrogen) atoms. The summed E-state index contributed by atoms with van der Waals surface area (Å²) in [4.78, 5) is 3.93. The molecule has 82 valence electrons. The fourth-order valence-corrected chi connectivity index (χ4v) is 2.12. The van der Waals surface area contributed by atoms with E-state index in [2.05, 4.69) is 10.1 Å². The molecule has 3 nitrogen and oxygen atoms in total. The Bertz CT molecular complexity index is 471. The maximum Gasteiger partial charge on any atom is 0.137 e. The van der Waals surface area contributed by atoms with E-state index < -0.39 is 0 Å². The molecule has 1 heterocycles. The van der Waals surface area contributed by atoms with Crippen LogP contribution < -0.4 is 0 Å². The van der Waals surface area contributed by atoms with E-state index in [1.807, 2.05) is 16.8 Å². The van der Waals surface area contributed by atoms with Crippen molar-refractivity contribution in [3.8, 4) is 0 Å². The summed E-state index contributed by atoms with van der Waals surface area (Å²) in [5.41, 5.74) is 1.35. The molecule has 0 unspecified atom stereocenters. The fourth-order valence-electron chi connectivity index (χ4n) is 2.12. The van der Waals surface area contributed by atoms with Gasteiger partial charge in [0.1, 0.15) is 18.5 Å². The zero-order chi connectivity index (χ0) is 11.0. The van der Waals surface area contributed by atoms with Crippen LogP contribution in [0.1, 0.15) is 18.4 Å². The molecule has 1 fully saturated rings. The molecule has 0 aliphatic heterocycles. The smallest absolute Gasteiger partial charge is 0.137 e. The minimum atomic E-state index is -0.180. The van der Waals surface area contributed by atoms with Gasteiger partial charge in [0.2, 0.25) is 0 Å². The lowest BCUT2D eigenvalue weighted by Crippen LogP contribution is -2.16. The van der Waals surface area contributed by atoms with E-state index in [0.29, 0.717) is 0 Å². The number of aromatic nitrogens is 3. The molecule has 0 bridgehead atoms. The highest BCUT2D eigenvalue weighted by Crippen LogP contribution is 2.49. The normalized spacial score (nSPS) is 17.3. The third-order valence-corrected chi connectivity index (χ3v) is 3.24. The third-order valence-electron chi connectivity index (χ3n) is 3.24. The standard InChI is InChI=1S/C12H12FN3/c13-11-3-1-10(2-4-11)12(5-6-12)7-16-9-14-8-15-16/h1-4,8-9H,5-7H2. The summed E-state index contributed by atoms with van der Waals surface area (Å²) < 4.78 is 14.7. The average molecular weight is 217 g/mol. The first-order valence-corrected chi connectivity index (χ1v) is 5.37. The van der Waals surface area contributed by atoms with Gasteiger partial charge < -0.3 is 0 Å². The molecule has 3 rings (SSSR count). The second kappa shape index (κ2) is 3.40. The molecule has 4 heteroatoms. The summed E-state index contributed by atoms with van der Waals surface area (Å²) in [6, 6.07) is 6.80. The van der Waals surface area contributed by atoms with Crippen LogP contribution in [0.2, 0.25) is 0 Å². The Kier molecular flexibility index (Phi) is 2.02. The average Bonchev–Trinajstić information content (AvgIpc) is 2.88. The van der Waals surface area contributed by atoms with Crippen molar-refractivity contribution in [2.24, 2.45) is 0 Å². The zero-order valence-corrected chi connectivity index (χ0v) is 8.81. The van der Waals surface area contributed by atoms with Gasteiger partial charge in [-0.05, 0) is 30.5 Å². The number of halogens is 1. The molecule has 1 aromatic heterocycles. The molecule has 0 amide bonds. The number of benzene rings is 1. The first-order valence-electron chi connectivity index (χ1n) is 5.37. The summed E-state index contributed by atoms with van der Waals surface area (Å²) in [5, 5.41) is 4.12. The molecule has 0 atom stereocenters. The minimum absolute atomic E-state index is 0.154. The van der Waals surface area contributed by atoms with Gasteiger partial charge in [0.05, 0.1) is 6.54 Å². The van der Waals surface area contributed by atoms with Crippen LogP contribution in [-0.2, 0) is 12.0 Å². The number of rotatable bonds is 3. The number of hydrogen-bond donors (Lipinski definition) is 0. The Morgan fingerprint density at radius 1 is 1.25 bits per heavy atom. The Hall–Kier alpha value is -1.71. The molecule has 0 spiro atoms. The van der Waals surface area contributed by atoms with Gasteiger partial charge in [-0.15, -0.1) is 0 Å². The van der Waals surface area contributed by atoms with Crippen molar-refractivity contribution in [1.82, 2.24) is 14.8 Å². The SMILES string of the molecule is Fc1ccc(C2(Cn3cncn3)CC2)cc1. The van der Waals surface area contributed by atoms with Crippen molar-refractivity contribution in [3.63, 3.8) is 0 Å². The van der Waals surface area contributed by atoms with Crippen LogP contribution in [0, 0.1) is 5.82 Å². The van der Waals surface area contributed by atoms with Crippen LogP contribution in [-0.4, -0.2) is 14.8 Å². The molecular weight excluding hydrogens is 205 g/mol. The summed E-state index contributed by atoms with van der Waals surface area (Å²) in [6.45, 7) is 0.832. The number of hydrogen-bond acceptors (Lipinski definition) is 2. The van der Waals surface area contributed by atoms with Crippen LogP contribution in [0.5, 0.6) is 0 Å². The van der Waals surface area contributed by atoms with E-state index in [1.54, 1.807) is 12.7 Å². The Morgan fingerprint density at radius 2 is 2.00 bits per heavy atom. The van der Waals surface area contributed by atoms with Crippen molar-refractivity contribution >= 4 is 0 Å². The van der Waals surface area contributed by atoms with Gasteiger partial charge in [-0.1, -0.05) is 12.1 Å². The molecular formula is C12H12FN3. The van der Waals surface area contributed by atoms with Gasteiger partial charge in [0.15, 0.2) is 0 Å². The van der Waals surface area contributed by atoms with Crippen molar-refractivity contribution in [2.75, 3.05) is 0 Å². The maximum absolute atomic E-state index is 12.8. The minimum Gasteiger partial charge on any atom is -0.252 e. The lowest BCUT2D eigenvalue weighted by Gasteiger charge is -2.15. The predicted octanol–water partition coefficient (Wildman–Crippen LogP) is 2.15. The van der Waals surface area contributed by atoms with E-state index in [4.69, 9.17) is 0 Å². The highest BCUT2D eigenvalue weighted by molar-refractivity contribution is 5.31. The quantitative estimate of drug-likeness (QED) is 0.788. The summed E-state index contributed by atoms with van der Waals surface area (Å²) >= 11 is 0. The van der Waals surface area contributed by atoms with E-state index in [-0.39, 0.29) is 11.2 Å². The van der Waals surface area contributed by atoms with Gasteiger partial charge in [-0.3, -0.25) is 4.68 Å². The molecule has 0 saturated heterocycles. The summed E-state index contributed by atoms with van der Waals surface area (Å²) in [5.74, 6) is -0.180. The monoisotopic (exact) mass is 217 g/mol. The number of nitrogens with zero attached hydrogens (tertiary/aromatic N) is 3. The second-order valence-corrected chi connectivity index (χ2v) is 4.38. The van der Waals surface area contributed by atoms with Gasteiger partial charge in [0, 0.05) is 5.41 Å². The topological polar surface area (TPSA) is 30.7 Å². The van der Waals surface area contributed by atoms with Crippen LogP contribution in [0.4, 0.5) is 4.39 Å². The Balaban J connectivity index is 1.86. The maximum atomic E-state index is 12.8. The second-order valence-electron chi connectivity index (χ2n) is 4.38. The Labute approximate surface area is 92.9 Å². The van der Waals surface area contributed by atoms with Gasteiger partial charge in [-0.2, -0.15) is 5.10 Å². The van der Waals surface area contributed by atoms with Crippen molar-refractivity contribution in [3.05, 3.63) is 48.3 Å².